The Labute approximate surface area is 119 Å². The first-order chi connectivity index (χ1) is 8.83. The largest absolute Gasteiger partial charge is 0.444 e. The molecule has 1 amide bonds. The predicted molar refractivity (Wildman–Crippen MR) is 76.0 cm³/mol. The number of alkyl carbamates (subject to hydrolysis) is 1. The Bertz CT molecular complexity index is 391. The van der Waals surface area contributed by atoms with Gasteiger partial charge in [0.05, 0.1) is 6.04 Å². The van der Waals surface area contributed by atoms with Crippen LogP contribution in [0.25, 0.3) is 0 Å². The van der Waals surface area contributed by atoms with Crippen LogP contribution in [0.15, 0.2) is 5.16 Å². The number of amides is 1. The summed E-state index contributed by atoms with van der Waals surface area (Å²) in [7, 11) is 0. The van der Waals surface area contributed by atoms with Crippen LogP contribution in [0.1, 0.15) is 48.5 Å². The summed E-state index contributed by atoms with van der Waals surface area (Å²) in [4.78, 5) is 27.0. The van der Waals surface area contributed by atoms with Gasteiger partial charge in [0.25, 0.3) is 0 Å². The van der Waals surface area contributed by atoms with Crippen molar-refractivity contribution in [3.8, 4) is 0 Å². The molecular formula is C13H25N3O4. The standard InChI is InChI=1S/C13H25N3O4/c1-8(17)20-16-10(14)9(12(2,3)4)15-11(18)19-13(5,6)7/h9H,1-7H3,(H2,14,16)(H,15,18). The topological polar surface area (TPSA) is 103 Å². The van der Waals surface area contributed by atoms with Gasteiger partial charge in [-0.05, 0) is 26.2 Å². The number of nitrogens with zero attached hydrogens (tertiary/aromatic N) is 1. The highest BCUT2D eigenvalue weighted by Gasteiger charge is 2.32. The van der Waals surface area contributed by atoms with Crippen LogP contribution < -0.4 is 11.1 Å². The molecule has 3 N–H and O–H groups in total. The van der Waals surface area contributed by atoms with Crippen LogP contribution >= 0.6 is 0 Å². The first kappa shape index (κ1) is 18.2. The maximum absolute atomic E-state index is 11.8. The third-order valence-electron chi connectivity index (χ3n) is 2.10. The van der Waals surface area contributed by atoms with Gasteiger partial charge in [0, 0.05) is 6.92 Å². The van der Waals surface area contributed by atoms with Gasteiger partial charge in [-0.15, -0.1) is 0 Å². The summed E-state index contributed by atoms with van der Waals surface area (Å²) >= 11 is 0. The smallest absolute Gasteiger partial charge is 0.408 e. The van der Waals surface area contributed by atoms with E-state index in [9.17, 15) is 9.59 Å². The minimum atomic E-state index is -0.628. The van der Waals surface area contributed by atoms with Gasteiger partial charge >= 0.3 is 12.1 Å². The maximum Gasteiger partial charge on any atom is 0.408 e. The Morgan fingerprint density at radius 3 is 2.00 bits per heavy atom. The van der Waals surface area contributed by atoms with E-state index in [0.29, 0.717) is 0 Å². The van der Waals surface area contributed by atoms with E-state index in [0.717, 1.165) is 0 Å². The van der Waals surface area contributed by atoms with Gasteiger partial charge in [-0.1, -0.05) is 25.9 Å². The molecule has 1 atom stereocenters. The van der Waals surface area contributed by atoms with Gasteiger partial charge in [-0.3, -0.25) is 0 Å². The molecule has 20 heavy (non-hydrogen) atoms. The molecule has 116 valence electrons. The normalized spacial score (nSPS) is 14.4. The van der Waals surface area contributed by atoms with Crippen LogP contribution in [0.3, 0.4) is 0 Å². The van der Waals surface area contributed by atoms with E-state index in [-0.39, 0.29) is 5.84 Å². The molecule has 0 saturated heterocycles. The van der Waals surface area contributed by atoms with Gasteiger partial charge in [0.15, 0.2) is 5.84 Å². The Morgan fingerprint density at radius 2 is 1.65 bits per heavy atom. The molecule has 0 aromatic heterocycles. The average molecular weight is 287 g/mol. The van der Waals surface area contributed by atoms with Gasteiger partial charge < -0.3 is 20.6 Å². The van der Waals surface area contributed by atoms with Gasteiger partial charge in [0.2, 0.25) is 0 Å². The van der Waals surface area contributed by atoms with Crippen LogP contribution in [0.5, 0.6) is 0 Å². The number of oxime groups is 1. The van der Waals surface area contributed by atoms with E-state index >= 15 is 0 Å². The summed E-state index contributed by atoms with van der Waals surface area (Å²) in [5.74, 6) is -0.587. The highest BCUT2D eigenvalue weighted by molar-refractivity contribution is 5.89. The summed E-state index contributed by atoms with van der Waals surface area (Å²) < 4.78 is 5.17. The molecule has 0 aromatic carbocycles. The number of rotatable bonds is 3. The summed E-state index contributed by atoms with van der Waals surface area (Å²) in [6.45, 7) is 12.1. The number of hydrogen-bond donors (Lipinski definition) is 2. The zero-order valence-corrected chi connectivity index (χ0v) is 13.2. The fourth-order valence-electron chi connectivity index (χ4n) is 1.33. The Hall–Kier alpha value is -1.79. The number of ether oxygens (including phenoxy) is 1. The molecule has 0 aliphatic heterocycles. The number of hydrogen-bond acceptors (Lipinski definition) is 5. The Kier molecular flexibility index (Phi) is 5.99. The van der Waals surface area contributed by atoms with Crippen molar-refractivity contribution in [2.24, 2.45) is 16.3 Å². The monoisotopic (exact) mass is 287 g/mol. The summed E-state index contributed by atoms with van der Waals surface area (Å²) in [6, 6.07) is -0.628. The van der Waals surface area contributed by atoms with E-state index in [1.165, 1.54) is 6.92 Å². The van der Waals surface area contributed by atoms with E-state index in [1.807, 2.05) is 20.8 Å². The number of nitrogens with two attached hydrogens (primary N) is 1. The van der Waals surface area contributed by atoms with Crippen molar-refractivity contribution in [3.05, 3.63) is 0 Å². The quantitative estimate of drug-likeness (QED) is 0.356. The predicted octanol–water partition coefficient (Wildman–Crippen LogP) is 1.76. The lowest BCUT2D eigenvalue weighted by molar-refractivity contribution is -0.141. The van der Waals surface area contributed by atoms with E-state index in [4.69, 9.17) is 10.5 Å². The van der Waals surface area contributed by atoms with Gasteiger partial charge in [-0.25, -0.2) is 9.59 Å². The second-order valence-electron chi connectivity index (χ2n) is 6.54. The zero-order chi connectivity index (χ0) is 16.1. The molecule has 0 saturated carbocycles. The van der Waals surface area contributed by atoms with E-state index in [2.05, 4.69) is 15.3 Å². The highest BCUT2D eigenvalue weighted by Crippen LogP contribution is 2.20. The SMILES string of the molecule is CC(=O)ON=C(N)C(NC(=O)OC(C)(C)C)C(C)(C)C. The Morgan fingerprint density at radius 1 is 1.15 bits per heavy atom. The van der Waals surface area contributed by atoms with E-state index in [1.54, 1.807) is 20.8 Å². The van der Waals surface area contributed by atoms with Crippen molar-refractivity contribution >= 4 is 17.9 Å². The minimum Gasteiger partial charge on any atom is -0.444 e. The third-order valence-corrected chi connectivity index (χ3v) is 2.10. The van der Waals surface area contributed by atoms with Crippen molar-refractivity contribution in [3.63, 3.8) is 0 Å². The fraction of sp³-hybridized carbons (Fsp3) is 0.769. The minimum absolute atomic E-state index is 0.00133. The molecule has 0 bridgehead atoms. The molecule has 0 heterocycles. The van der Waals surface area contributed by atoms with Crippen LogP contribution in [0, 0.1) is 5.41 Å². The Balaban J connectivity index is 4.97. The number of nitrogens with one attached hydrogen (secondary N) is 1. The van der Waals surface area contributed by atoms with Crippen LogP contribution in [-0.2, 0) is 14.4 Å². The first-order valence-corrected chi connectivity index (χ1v) is 6.33. The molecule has 0 fully saturated rings. The van der Waals surface area contributed by atoms with Crippen molar-refractivity contribution in [1.82, 2.24) is 5.32 Å². The molecule has 0 radical (unpaired) electrons. The van der Waals surface area contributed by atoms with Gasteiger partial charge in [-0.2, -0.15) is 0 Å². The zero-order valence-electron chi connectivity index (χ0n) is 13.2. The van der Waals surface area contributed by atoms with E-state index < -0.39 is 29.1 Å². The molecule has 0 aliphatic carbocycles. The molecule has 0 aliphatic rings. The lowest BCUT2D eigenvalue weighted by atomic mass is 9.86. The molecule has 0 spiro atoms. The van der Waals surface area contributed by atoms with Crippen molar-refractivity contribution in [2.45, 2.75) is 60.1 Å². The number of amidine groups is 1. The first-order valence-electron chi connectivity index (χ1n) is 6.33. The second-order valence-corrected chi connectivity index (χ2v) is 6.54. The van der Waals surface area contributed by atoms with Crippen LogP contribution in [-0.4, -0.2) is 29.5 Å². The highest BCUT2D eigenvalue weighted by atomic mass is 16.7. The van der Waals surface area contributed by atoms with Crippen LogP contribution in [0.2, 0.25) is 0 Å². The van der Waals surface area contributed by atoms with Crippen LogP contribution in [0.4, 0.5) is 4.79 Å². The van der Waals surface area contributed by atoms with Gasteiger partial charge in [0.1, 0.15) is 5.60 Å². The number of carbonyl (C=O) groups excluding carboxylic acids is 2. The number of carbonyl (C=O) groups is 2. The second kappa shape index (κ2) is 6.58. The molecular weight excluding hydrogens is 262 g/mol. The molecule has 7 heteroatoms. The molecule has 0 rings (SSSR count). The van der Waals surface area contributed by atoms with Crippen molar-refractivity contribution in [1.29, 1.82) is 0 Å². The van der Waals surface area contributed by atoms with Crippen molar-refractivity contribution < 1.29 is 19.2 Å². The lowest BCUT2D eigenvalue weighted by Gasteiger charge is -2.31. The fourth-order valence-corrected chi connectivity index (χ4v) is 1.33. The summed E-state index contributed by atoms with van der Waals surface area (Å²) in [6.07, 6.45) is -0.613. The third kappa shape index (κ3) is 7.60. The lowest BCUT2D eigenvalue weighted by Crippen LogP contribution is -2.53. The molecule has 1 unspecified atom stereocenters. The average Bonchev–Trinajstić information content (AvgIpc) is 2.18. The molecule has 7 nitrogen and oxygen atoms in total. The summed E-state index contributed by atoms with van der Waals surface area (Å²) in [5, 5.41) is 6.14. The maximum atomic E-state index is 11.8. The van der Waals surface area contributed by atoms with Crippen molar-refractivity contribution in [2.75, 3.05) is 0 Å². The summed E-state index contributed by atoms with van der Waals surface area (Å²) in [5.41, 5.74) is 4.72. The molecule has 0 aromatic rings.